The van der Waals surface area contributed by atoms with Crippen molar-refractivity contribution in [2.45, 2.75) is 40.0 Å². The van der Waals surface area contributed by atoms with Gasteiger partial charge in [-0.25, -0.2) is 0 Å². The maximum absolute atomic E-state index is 11.7. The third-order valence-electron chi connectivity index (χ3n) is 3.61. The molecule has 1 amide bonds. The van der Waals surface area contributed by atoms with E-state index in [9.17, 15) is 4.79 Å². The summed E-state index contributed by atoms with van der Waals surface area (Å²) in [5.74, 6) is 2.43. The number of hydrogen-bond donors (Lipinski definition) is 1. The standard InChI is InChI=1S/C12H23NO/c1-8(2)10-6-5-9(3)7-11(10)12(14)13-4/h8-11H,5-7H2,1-4H3,(H,13,14)/t9-,10?,11-/m1/s1. The Hall–Kier alpha value is -0.530. The molecule has 0 aromatic heterocycles. The van der Waals surface area contributed by atoms with Crippen LogP contribution in [0.15, 0.2) is 0 Å². The van der Waals surface area contributed by atoms with Crippen molar-refractivity contribution >= 4 is 5.91 Å². The summed E-state index contributed by atoms with van der Waals surface area (Å²) in [7, 11) is 1.75. The minimum absolute atomic E-state index is 0.246. The zero-order valence-electron chi connectivity index (χ0n) is 9.84. The molecule has 82 valence electrons. The molecule has 0 saturated heterocycles. The maximum atomic E-state index is 11.7. The molecule has 1 rings (SSSR count). The first-order valence-electron chi connectivity index (χ1n) is 5.77. The monoisotopic (exact) mass is 197 g/mol. The summed E-state index contributed by atoms with van der Waals surface area (Å²) in [6, 6.07) is 0. The topological polar surface area (TPSA) is 29.1 Å². The van der Waals surface area contributed by atoms with E-state index in [2.05, 4.69) is 26.1 Å². The summed E-state index contributed by atoms with van der Waals surface area (Å²) in [6.07, 6.45) is 3.58. The SMILES string of the molecule is CNC(=O)[C@@H]1C[C@H](C)CCC1C(C)C. The Morgan fingerprint density at radius 1 is 1.36 bits per heavy atom. The van der Waals surface area contributed by atoms with Gasteiger partial charge in [-0.3, -0.25) is 4.79 Å². The minimum atomic E-state index is 0.246. The Bertz CT molecular complexity index is 200. The van der Waals surface area contributed by atoms with Crippen LogP contribution in [-0.2, 0) is 4.79 Å². The van der Waals surface area contributed by atoms with Crippen LogP contribution in [0.5, 0.6) is 0 Å². The summed E-state index contributed by atoms with van der Waals surface area (Å²) in [6.45, 7) is 6.72. The molecule has 1 saturated carbocycles. The number of rotatable bonds is 2. The lowest BCUT2D eigenvalue weighted by Gasteiger charge is -2.36. The van der Waals surface area contributed by atoms with Crippen molar-refractivity contribution in [3.8, 4) is 0 Å². The van der Waals surface area contributed by atoms with E-state index in [0.29, 0.717) is 17.8 Å². The Balaban J connectivity index is 2.68. The van der Waals surface area contributed by atoms with E-state index >= 15 is 0 Å². The molecule has 2 nitrogen and oxygen atoms in total. The molecule has 2 heteroatoms. The summed E-state index contributed by atoms with van der Waals surface area (Å²) in [5, 5.41) is 2.80. The van der Waals surface area contributed by atoms with Gasteiger partial charge < -0.3 is 5.32 Å². The number of hydrogen-bond acceptors (Lipinski definition) is 1. The fourth-order valence-corrected chi connectivity index (χ4v) is 2.69. The molecule has 0 aromatic carbocycles. The van der Waals surface area contributed by atoms with Gasteiger partial charge in [-0.15, -0.1) is 0 Å². The van der Waals surface area contributed by atoms with E-state index in [0.717, 1.165) is 6.42 Å². The fourth-order valence-electron chi connectivity index (χ4n) is 2.69. The quantitative estimate of drug-likeness (QED) is 0.724. The second-order valence-corrected chi connectivity index (χ2v) is 5.05. The van der Waals surface area contributed by atoms with E-state index in [4.69, 9.17) is 0 Å². The van der Waals surface area contributed by atoms with Gasteiger partial charge in [-0.1, -0.05) is 27.2 Å². The van der Waals surface area contributed by atoms with Gasteiger partial charge in [0.05, 0.1) is 0 Å². The van der Waals surface area contributed by atoms with Gasteiger partial charge in [-0.2, -0.15) is 0 Å². The van der Waals surface area contributed by atoms with E-state index < -0.39 is 0 Å². The van der Waals surface area contributed by atoms with Crippen LogP contribution < -0.4 is 5.32 Å². The average molecular weight is 197 g/mol. The largest absolute Gasteiger partial charge is 0.359 e. The third-order valence-corrected chi connectivity index (χ3v) is 3.61. The molecule has 1 aliphatic rings. The van der Waals surface area contributed by atoms with Gasteiger partial charge >= 0.3 is 0 Å². The summed E-state index contributed by atoms with van der Waals surface area (Å²) in [5.41, 5.74) is 0. The van der Waals surface area contributed by atoms with Gasteiger partial charge in [0.25, 0.3) is 0 Å². The maximum Gasteiger partial charge on any atom is 0.223 e. The molecule has 0 aromatic rings. The lowest BCUT2D eigenvalue weighted by molar-refractivity contribution is -0.128. The lowest BCUT2D eigenvalue weighted by atomic mass is 9.70. The van der Waals surface area contributed by atoms with Crippen LogP contribution in [-0.4, -0.2) is 13.0 Å². The van der Waals surface area contributed by atoms with Crippen LogP contribution >= 0.6 is 0 Å². The van der Waals surface area contributed by atoms with Crippen molar-refractivity contribution in [2.75, 3.05) is 7.05 Å². The number of carbonyl (C=O) groups is 1. The normalized spacial score (nSPS) is 33.1. The highest BCUT2D eigenvalue weighted by molar-refractivity contribution is 5.78. The van der Waals surface area contributed by atoms with Crippen molar-refractivity contribution in [3.05, 3.63) is 0 Å². The Kier molecular flexibility index (Phi) is 3.97. The summed E-state index contributed by atoms with van der Waals surface area (Å²) >= 11 is 0. The first kappa shape index (κ1) is 11.5. The van der Waals surface area contributed by atoms with Crippen molar-refractivity contribution in [1.82, 2.24) is 5.32 Å². The molecule has 0 bridgehead atoms. The zero-order chi connectivity index (χ0) is 10.7. The van der Waals surface area contributed by atoms with E-state index in [1.165, 1.54) is 12.8 Å². The minimum Gasteiger partial charge on any atom is -0.359 e. The molecule has 0 radical (unpaired) electrons. The molecule has 0 spiro atoms. The van der Waals surface area contributed by atoms with Gasteiger partial charge in [0.1, 0.15) is 0 Å². The van der Waals surface area contributed by atoms with Crippen LogP contribution in [0.25, 0.3) is 0 Å². The Morgan fingerprint density at radius 2 is 2.00 bits per heavy atom. The van der Waals surface area contributed by atoms with Crippen molar-refractivity contribution in [2.24, 2.45) is 23.7 Å². The highest BCUT2D eigenvalue weighted by Gasteiger charge is 2.34. The molecule has 1 N–H and O–H groups in total. The smallest absolute Gasteiger partial charge is 0.223 e. The first-order valence-corrected chi connectivity index (χ1v) is 5.77. The van der Waals surface area contributed by atoms with Crippen LogP contribution in [0.4, 0.5) is 0 Å². The number of amides is 1. The third kappa shape index (κ3) is 2.49. The number of carbonyl (C=O) groups excluding carboxylic acids is 1. The molecule has 1 unspecified atom stereocenters. The second kappa shape index (κ2) is 4.81. The van der Waals surface area contributed by atoms with E-state index in [1.54, 1.807) is 7.05 Å². The predicted molar refractivity (Wildman–Crippen MR) is 58.9 cm³/mol. The summed E-state index contributed by atoms with van der Waals surface area (Å²) < 4.78 is 0. The van der Waals surface area contributed by atoms with Crippen molar-refractivity contribution < 1.29 is 4.79 Å². The molecular weight excluding hydrogens is 174 g/mol. The zero-order valence-corrected chi connectivity index (χ0v) is 9.84. The van der Waals surface area contributed by atoms with Crippen LogP contribution in [0.2, 0.25) is 0 Å². The lowest BCUT2D eigenvalue weighted by Crippen LogP contribution is -2.38. The average Bonchev–Trinajstić information content (AvgIpc) is 2.16. The molecular formula is C12H23NO. The van der Waals surface area contributed by atoms with E-state index in [1.807, 2.05) is 0 Å². The first-order chi connectivity index (χ1) is 6.56. The Morgan fingerprint density at radius 3 is 2.50 bits per heavy atom. The van der Waals surface area contributed by atoms with Crippen LogP contribution in [0, 0.1) is 23.7 Å². The Labute approximate surface area is 87.5 Å². The molecule has 1 aliphatic carbocycles. The van der Waals surface area contributed by atoms with E-state index in [-0.39, 0.29) is 11.8 Å². The second-order valence-electron chi connectivity index (χ2n) is 5.05. The van der Waals surface area contributed by atoms with Crippen molar-refractivity contribution in [1.29, 1.82) is 0 Å². The van der Waals surface area contributed by atoms with Crippen LogP contribution in [0.1, 0.15) is 40.0 Å². The predicted octanol–water partition coefficient (Wildman–Crippen LogP) is 2.44. The number of nitrogens with one attached hydrogen (secondary N) is 1. The van der Waals surface area contributed by atoms with Gasteiger partial charge in [0.15, 0.2) is 0 Å². The summed E-state index contributed by atoms with van der Waals surface area (Å²) in [4.78, 5) is 11.7. The molecule has 1 fully saturated rings. The highest BCUT2D eigenvalue weighted by Crippen LogP contribution is 2.37. The van der Waals surface area contributed by atoms with Gasteiger partial charge in [0.2, 0.25) is 5.91 Å². The molecule has 0 aliphatic heterocycles. The molecule has 14 heavy (non-hydrogen) atoms. The van der Waals surface area contributed by atoms with Gasteiger partial charge in [0, 0.05) is 13.0 Å². The van der Waals surface area contributed by atoms with Gasteiger partial charge in [-0.05, 0) is 30.6 Å². The van der Waals surface area contributed by atoms with Crippen molar-refractivity contribution in [3.63, 3.8) is 0 Å². The van der Waals surface area contributed by atoms with Crippen LogP contribution in [0.3, 0.4) is 0 Å². The fraction of sp³-hybridized carbons (Fsp3) is 0.917. The molecule has 3 atom stereocenters. The molecule has 0 heterocycles. The highest BCUT2D eigenvalue weighted by atomic mass is 16.1.